The second-order valence-electron chi connectivity index (χ2n) is 5.16. The van der Waals surface area contributed by atoms with Crippen molar-refractivity contribution in [1.82, 2.24) is 9.21 Å². The van der Waals surface area contributed by atoms with Crippen LogP contribution in [0.3, 0.4) is 0 Å². The number of likely N-dealkylation sites (tertiary alicyclic amines) is 1. The molecule has 1 aromatic carbocycles. The van der Waals surface area contributed by atoms with Crippen molar-refractivity contribution in [3.05, 3.63) is 35.7 Å². The predicted molar refractivity (Wildman–Crippen MR) is 78.2 cm³/mol. The minimum atomic E-state index is -3.47. The van der Waals surface area contributed by atoms with Gasteiger partial charge in [0.2, 0.25) is 10.0 Å². The molecule has 0 aliphatic carbocycles. The van der Waals surface area contributed by atoms with Crippen molar-refractivity contribution in [2.75, 3.05) is 27.2 Å². The van der Waals surface area contributed by atoms with Gasteiger partial charge in [-0.1, -0.05) is 24.3 Å². The highest BCUT2D eigenvalue weighted by Crippen LogP contribution is 2.23. The lowest BCUT2D eigenvalue weighted by molar-refractivity contribution is 0.197. The van der Waals surface area contributed by atoms with Gasteiger partial charge in [0.25, 0.3) is 0 Å². The number of benzene rings is 1. The van der Waals surface area contributed by atoms with Gasteiger partial charge in [-0.2, -0.15) is 4.31 Å². The molecule has 108 valence electrons. The highest BCUT2D eigenvalue weighted by Gasteiger charge is 2.29. The van der Waals surface area contributed by atoms with E-state index in [1.165, 1.54) is 16.4 Å². The minimum Gasteiger partial charge on any atom is -0.306 e. The van der Waals surface area contributed by atoms with E-state index < -0.39 is 10.0 Å². The molecule has 0 amide bonds. The Morgan fingerprint density at radius 1 is 1.25 bits per heavy atom. The van der Waals surface area contributed by atoms with Crippen LogP contribution in [0.15, 0.2) is 29.2 Å². The molecule has 0 bridgehead atoms. The summed E-state index contributed by atoms with van der Waals surface area (Å²) in [6.45, 7) is 8.73. The topological polar surface area (TPSA) is 45.0 Å². The van der Waals surface area contributed by atoms with Gasteiger partial charge in [0.1, 0.15) is 0 Å². The number of nitrogens with zero attached hydrogens (tertiary/aromatic N) is 3. The first-order valence-electron chi connectivity index (χ1n) is 6.59. The van der Waals surface area contributed by atoms with Gasteiger partial charge in [-0.25, -0.2) is 13.3 Å². The monoisotopic (exact) mass is 293 g/mol. The molecule has 0 atom stereocenters. The van der Waals surface area contributed by atoms with Crippen molar-refractivity contribution in [2.45, 2.75) is 23.8 Å². The number of hydrogen-bond acceptors (Lipinski definition) is 3. The van der Waals surface area contributed by atoms with Gasteiger partial charge in [0, 0.05) is 13.1 Å². The molecule has 5 nitrogen and oxygen atoms in total. The van der Waals surface area contributed by atoms with Crippen LogP contribution in [0.5, 0.6) is 0 Å². The molecule has 0 spiro atoms. The van der Waals surface area contributed by atoms with Gasteiger partial charge < -0.3 is 4.90 Å². The Morgan fingerprint density at radius 3 is 2.30 bits per heavy atom. The summed E-state index contributed by atoms with van der Waals surface area (Å²) in [7, 11) is 0.227. The van der Waals surface area contributed by atoms with Crippen LogP contribution >= 0.6 is 0 Å². The van der Waals surface area contributed by atoms with Crippen molar-refractivity contribution in [2.24, 2.45) is 0 Å². The zero-order valence-electron chi connectivity index (χ0n) is 11.8. The Morgan fingerprint density at radius 2 is 1.80 bits per heavy atom. The summed E-state index contributed by atoms with van der Waals surface area (Å²) in [5.41, 5.74) is 0.450. The summed E-state index contributed by atoms with van der Waals surface area (Å²) < 4.78 is 26.6. The molecule has 1 heterocycles. The fourth-order valence-electron chi connectivity index (χ4n) is 2.41. The van der Waals surface area contributed by atoms with E-state index >= 15 is 0 Å². The van der Waals surface area contributed by atoms with E-state index in [0.717, 1.165) is 25.9 Å². The Labute approximate surface area is 120 Å². The van der Waals surface area contributed by atoms with Gasteiger partial charge in [0.05, 0.1) is 11.5 Å². The fraction of sp³-hybridized carbons (Fsp3) is 0.500. The maximum atomic E-state index is 12.5. The van der Waals surface area contributed by atoms with E-state index in [1.807, 2.05) is 7.05 Å². The SMILES string of the molecule is [C-]#[N+]c1ccc(S(=O)(=O)N(C)C2CCN(C)CC2)cc1. The molecular weight excluding hydrogens is 274 g/mol. The number of piperidine rings is 1. The Kier molecular flexibility index (Phi) is 4.43. The molecule has 1 aromatic rings. The second-order valence-corrected chi connectivity index (χ2v) is 7.16. The number of sulfonamides is 1. The average Bonchev–Trinajstić information content (AvgIpc) is 2.47. The predicted octanol–water partition coefficient (Wildman–Crippen LogP) is 1.95. The first kappa shape index (κ1) is 15.0. The van der Waals surface area contributed by atoms with E-state index in [-0.39, 0.29) is 10.9 Å². The highest BCUT2D eigenvalue weighted by molar-refractivity contribution is 7.89. The molecule has 1 saturated heterocycles. The molecule has 0 aromatic heterocycles. The molecule has 0 saturated carbocycles. The summed E-state index contributed by atoms with van der Waals surface area (Å²) in [4.78, 5) is 5.74. The van der Waals surface area contributed by atoms with Crippen molar-refractivity contribution in [1.29, 1.82) is 0 Å². The smallest absolute Gasteiger partial charge is 0.242 e. The molecular formula is C14H19N3O2S. The highest BCUT2D eigenvalue weighted by atomic mass is 32.2. The molecule has 0 radical (unpaired) electrons. The third-order valence-corrected chi connectivity index (χ3v) is 5.77. The van der Waals surface area contributed by atoms with Gasteiger partial charge in [-0.15, -0.1) is 0 Å². The first-order valence-corrected chi connectivity index (χ1v) is 8.03. The van der Waals surface area contributed by atoms with Gasteiger partial charge in [0.15, 0.2) is 5.69 Å². The third-order valence-electron chi connectivity index (χ3n) is 3.85. The molecule has 6 heteroatoms. The zero-order valence-corrected chi connectivity index (χ0v) is 12.6. The maximum Gasteiger partial charge on any atom is 0.242 e. The molecule has 20 heavy (non-hydrogen) atoms. The largest absolute Gasteiger partial charge is 0.306 e. The van der Waals surface area contributed by atoms with Crippen LogP contribution in [0.4, 0.5) is 5.69 Å². The summed E-state index contributed by atoms with van der Waals surface area (Å²) in [6, 6.07) is 6.16. The minimum absolute atomic E-state index is 0.0525. The molecule has 1 aliphatic rings. The van der Waals surface area contributed by atoms with Crippen LogP contribution in [-0.4, -0.2) is 50.8 Å². The lowest BCUT2D eigenvalue weighted by atomic mass is 10.1. The lowest BCUT2D eigenvalue weighted by Crippen LogP contribution is -2.44. The molecule has 1 aliphatic heterocycles. The fourth-order valence-corrected chi connectivity index (χ4v) is 3.83. The summed E-state index contributed by atoms with van der Waals surface area (Å²) in [6.07, 6.45) is 1.71. The van der Waals surface area contributed by atoms with Crippen LogP contribution < -0.4 is 0 Å². The second kappa shape index (κ2) is 5.92. The average molecular weight is 293 g/mol. The molecule has 0 N–H and O–H groups in total. The summed E-state index contributed by atoms with van der Waals surface area (Å²) in [5.74, 6) is 0. The Hall–Kier alpha value is -1.42. The lowest BCUT2D eigenvalue weighted by Gasteiger charge is -2.34. The molecule has 2 rings (SSSR count). The van der Waals surface area contributed by atoms with Gasteiger partial charge in [-0.3, -0.25) is 0 Å². The Bertz CT molecular complexity index is 596. The van der Waals surface area contributed by atoms with Crippen molar-refractivity contribution < 1.29 is 8.42 Å². The number of hydrogen-bond donors (Lipinski definition) is 0. The van der Waals surface area contributed by atoms with Crippen LogP contribution in [0.1, 0.15) is 12.8 Å². The third kappa shape index (κ3) is 3.01. The van der Waals surface area contributed by atoms with E-state index in [2.05, 4.69) is 9.74 Å². The quantitative estimate of drug-likeness (QED) is 0.800. The van der Waals surface area contributed by atoms with E-state index in [9.17, 15) is 8.42 Å². The maximum absolute atomic E-state index is 12.5. The van der Waals surface area contributed by atoms with E-state index in [0.29, 0.717) is 5.69 Å². The summed E-state index contributed by atoms with van der Waals surface area (Å²) >= 11 is 0. The van der Waals surface area contributed by atoms with Gasteiger partial charge in [-0.05, 0) is 33.0 Å². The van der Waals surface area contributed by atoms with Crippen LogP contribution in [0.25, 0.3) is 4.85 Å². The zero-order chi connectivity index (χ0) is 14.8. The number of rotatable bonds is 3. The van der Waals surface area contributed by atoms with Crippen LogP contribution in [0, 0.1) is 6.57 Å². The normalized spacial score (nSPS) is 18.1. The van der Waals surface area contributed by atoms with Crippen molar-refractivity contribution >= 4 is 15.7 Å². The van der Waals surface area contributed by atoms with Crippen molar-refractivity contribution in [3.63, 3.8) is 0 Å². The first-order chi connectivity index (χ1) is 9.45. The van der Waals surface area contributed by atoms with Crippen LogP contribution in [0.2, 0.25) is 0 Å². The standard InChI is InChI=1S/C14H19N3O2S/c1-15-12-4-6-14(7-5-12)20(18,19)17(3)13-8-10-16(2)11-9-13/h4-7,13H,8-11H2,2-3H3. The van der Waals surface area contributed by atoms with E-state index in [1.54, 1.807) is 19.2 Å². The van der Waals surface area contributed by atoms with Crippen LogP contribution in [-0.2, 0) is 10.0 Å². The van der Waals surface area contributed by atoms with Crippen molar-refractivity contribution in [3.8, 4) is 0 Å². The summed E-state index contributed by atoms with van der Waals surface area (Å²) in [5, 5.41) is 0. The van der Waals surface area contributed by atoms with Gasteiger partial charge >= 0.3 is 0 Å². The van der Waals surface area contributed by atoms with E-state index in [4.69, 9.17) is 6.57 Å². The molecule has 0 unspecified atom stereocenters. The molecule has 1 fully saturated rings. The Balaban J connectivity index is 2.18.